The van der Waals surface area contributed by atoms with Gasteiger partial charge in [0.1, 0.15) is 12.4 Å². The molecule has 3 aromatic rings. The third-order valence-corrected chi connectivity index (χ3v) is 6.89. The number of benzene rings is 3. The molecule has 0 saturated carbocycles. The van der Waals surface area contributed by atoms with Crippen molar-refractivity contribution in [1.82, 2.24) is 0 Å². The first-order valence-corrected chi connectivity index (χ1v) is 12.0. The molecule has 0 aromatic heterocycles. The largest absolute Gasteiger partial charge is 0.489 e. The Morgan fingerprint density at radius 3 is 2.36 bits per heavy atom. The lowest BCUT2D eigenvalue weighted by Crippen LogP contribution is -2.27. The molecule has 1 amide bonds. The van der Waals surface area contributed by atoms with Crippen LogP contribution in [0, 0.1) is 0 Å². The monoisotopic (exact) mass is 514 g/mol. The van der Waals surface area contributed by atoms with Crippen LogP contribution in [-0.4, -0.2) is 24.3 Å². The first-order valence-electron chi connectivity index (χ1n) is 10.0. The number of hydrogen-bond acceptors (Lipinski definition) is 5. The van der Waals surface area contributed by atoms with E-state index in [1.165, 1.54) is 11.8 Å². The normalized spacial score (nSPS) is 14.8. The highest BCUT2D eigenvalue weighted by Crippen LogP contribution is 2.36. The van der Waals surface area contributed by atoms with E-state index in [0.717, 1.165) is 22.5 Å². The maximum absolute atomic E-state index is 13.0. The highest BCUT2D eigenvalue weighted by Gasteiger charge is 2.33. The van der Waals surface area contributed by atoms with E-state index in [2.05, 4.69) is 0 Å². The molecule has 1 heterocycles. The molecule has 1 aliphatic heterocycles. The van der Waals surface area contributed by atoms with Crippen molar-refractivity contribution in [2.24, 2.45) is 0 Å². The second-order valence-corrected chi connectivity index (χ2v) is 10.0. The fourth-order valence-electron chi connectivity index (χ4n) is 3.20. The van der Waals surface area contributed by atoms with Crippen molar-refractivity contribution in [3.8, 4) is 5.75 Å². The average Bonchev–Trinajstić information content (AvgIpc) is 3.07. The van der Waals surface area contributed by atoms with Gasteiger partial charge in [-0.3, -0.25) is 9.69 Å². The molecule has 168 valence electrons. The maximum atomic E-state index is 13.0. The summed E-state index contributed by atoms with van der Waals surface area (Å²) in [5.74, 6) is 0.576. The molecule has 0 N–H and O–H groups in total. The Morgan fingerprint density at radius 1 is 1.03 bits per heavy atom. The van der Waals surface area contributed by atoms with Crippen molar-refractivity contribution in [3.63, 3.8) is 0 Å². The van der Waals surface area contributed by atoms with Crippen molar-refractivity contribution in [3.05, 3.63) is 92.8 Å². The lowest BCUT2D eigenvalue weighted by atomic mass is 10.2. The predicted molar refractivity (Wildman–Crippen MR) is 144 cm³/mol. The van der Waals surface area contributed by atoms with Gasteiger partial charge in [0.2, 0.25) is 0 Å². The quantitative estimate of drug-likeness (QED) is 0.260. The standard InChI is InChI=1S/C25H20Cl2N2O2S2/c1-28(2)19-7-9-20(10-8-19)29-24(30)23(33-25(29)32)13-16-3-11-21(12-4-16)31-15-17-5-6-18(26)14-22(17)27/h3-14H,15H2,1-2H3/b23-13+. The van der Waals surface area contributed by atoms with Crippen molar-refractivity contribution >= 4 is 74.9 Å². The van der Waals surface area contributed by atoms with Gasteiger partial charge in [-0.05, 0) is 60.2 Å². The zero-order chi connectivity index (χ0) is 23.5. The van der Waals surface area contributed by atoms with Gasteiger partial charge < -0.3 is 9.64 Å². The summed E-state index contributed by atoms with van der Waals surface area (Å²) in [7, 11) is 3.95. The molecule has 8 heteroatoms. The molecule has 4 nitrogen and oxygen atoms in total. The van der Waals surface area contributed by atoms with Gasteiger partial charge in [0.25, 0.3) is 5.91 Å². The molecular formula is C25H20Cl2N2O2S2. The number of nitrogens with zero attached hydrogens (tertiary/aromatic N) is 2. The first-order chi connectivity index (χ1) is 15.8. The molecule has 0 aliphatic carbocycles. The van der Waals surface area contributed by atoms with E-state index in [1.807, 2.05) is 79.7 Å². The van der Waals surface area contributed by atoms with E-state index >= 15 is 0 Å². The van der Waals surface area contributed by atoms with Crippen LogP contribution in [0.25, 0.3) is 6.08 Å². The van der Waals surface area contributed by atoms with Crippen molar-refractivity contribution in [2.45, 2.75) is 6.61 Å². The Morgan fingerprint density at radius 2 is 1.73 bits per heavy atom. The number of anilines is 2. The zero-order valence-electron chi connectivity index (χ0n) is 17.9. The van der Waals surface area contributed by atoms with E-state index in [1.54, 1.807) is 17.0 Å². The fraction of sp³-hybridized carbons (Fsp3) is 0.120. The van der Waals surface area contributed by atoms with Gasteiger partial charge in [-0.25, -0.2) is 0 Å². The van der Waals surface area contributed by atoms with Crippen molar-refractivity contribution < 1.29 is 9.53 Å². The van der Waals surface area contributed by atoms with Gasteiger partial charge in [-0.15, -0.1) is 0 Å². The predicted octanol–water partition coefficient (Wildman–Crippen LogP) is 7.04. The van der Waals surface area contributed by atoms with E-state index in [9.17, 15) is 4.79 Å². The van der Waals surface area contributed by atoms with Crippen LogP contribution < -0.4 is 14.5 Å². The number of thiocarbonyl (C=S) groups is 1. The molecule has 33 heavy (non-hydrogen) atoms. The van der Waals surface area contributed by atoms with Crippen LogP contribution in [0.3, 0.4) is 0 Å². The third kappa shape index (κ3) is 5.53. The van der Waals surface area contributed by atoms with Crippen LogP contribution in [0.5, 0.6) is 5.75 Å². The highest BCUT2D eigenvalue weighted by atomic mass is 35.5. The number of amides is 1. The summed E-state index contributed by atoms with van der Waals surface area (Å²) in [6.07, 6.45) is 1.84. The summed E-state index contributed by atoms with van der Waals surface area (Å²) in [5.41, 5.74) is 3.55. The molecule has 0 atom stereocenters. The van der Waals surface area contributed by atoms with Crippen LogP contribution in [0.1, 0.15) is 11.1 Å². The fourth-order valence-corrected chi connectivity index (χ4v) is 4.96. The van der Waals surface area contributed by atoms with Gasteiger partial charge in [-0.1, -0.05) is 65.4 Å². The molecule has 0 bridgehead atoms. The van der Waals surface area contributed by atoms with Gasteiger partial charge in [-0.2, -0.15) is 0 Å². The van der Waals surface area contributed by atoms with Gasteiger partial charge >= 0.3 is 0 Å². The Kier molecular flexibility index (Phi) is 7.29. The number of thioether (sulfide) groups is 1. The van der Waals surface area contributed by atoms with Crippen LogP contribution in [-0.2, 0) is 11.4 Å². The number of ether oxygens (including phenoxy) is 1. The van der Waals surface area contributed by atoms with E-state index < -0.39 is 0 Å². The summed E-state index contributed by atoms with van der Waals surface area (Å²) in [6, 6.07) is 20.6. The molecule has 1 saturated heterocycles. The molecule has 1 fully saturated rings. The number of hydrogen-bond donors (Lipinski definition) is 0. The first kappa shape index (κ1) is 23.6. The minimum absolute atomic E-state index is 0.125. The van der Waals surface area contributed by atoms with E-state index in [0.29, 0.717) is 31.6 Å². The Labute approximate surface area is 212 Å². The van der Waals surface area contributed by atoms with E-state index in [-0.39, 0.29) is 5.91 Å². The van der Waals surface area contributed by atoms with E-state index in [4.69, 9.17) is 40.2 Å². The van der Waals surface area contributed by atoms with Gasteiger partial charge in [0.15, 0.2) is 4.32 Å². The average molecular weight is 515 g/mol. The molecule has 0 spiro atoms. The molecular weight excluding hydrogens is 495 g/mol. The minimum atomic E-state index is -0.125. The SMILES string of the molecule is CN(C)c1ccc(N2C(=O)/C(=C\c3ccc(OCc4ccc(Cl)cc4Cl)cc3)SC2=S)cc1. The molecule has 0 unspecified atom stereocenters. The number of rotatable bonds is 6. The van der Waals surface area contributed by atoms with Crippen LogP contribution >= 0.6 is 47.2 Å². The summed E-state index contributed by atoms with van der Waals surface area (Å²) < 4.78 is 6.34. The highest BCUT2D eigenvalue weighted by molar-refractivity contribution is 8.27. The Hall–Kier alpha value is -2.51. The van der Waals surface area contributed by atoms with Crippen LogP contribution in [0.15, 0.2) is 71.6 Å². The second kappa shape index (κ2) is 10.2. The molecule has 1 aliphatic rings. The zero-order valence-corrected chi connectivity index (χ0v) is 21.1. The summed E-state index contributed by atoms with van der Waals surface area (Å²) in [4.78, 5) is 17.2. The molecule has 3 aromatic carbocycles. The second-order valence-electron chi connectivity index (χ2n) is 7.52. The topological polar surface area (TPSA) is 32.8 Å². The number of carbonyl (C=O) groups excluding carboxylic acids is 1. The van der Waals surface area contributed by atoms with Crippen LogP contribution in [0.2, 0.25) is 10.0 Å². The minimum Gasteiger partial charge on any atom is -0.489 e. The summed E-state index contributed by atoms with van der Waals surface area (Å²) in [5, 5.41) is 1.15. The van der Waals surface area contributed by atoms with Gasteiger partial charge in [0.05, 0.1) is 10.6 Å². The Bertz CT molecular complexity index is 1230. The summed E-state index contributed by atoms with van der Waals surface area (Å²) in [6.45, 7) is 0.334. The molecule has 4 rings (SSSR count). The lowest BCUT2D eigenvalue weighted by molar-refractivity contribution is -0.113. The lowest BCUT2D eigenvalue weighted by Gasteiger charge is -2.17. The number of carbonyl (C=O) groups is 1. The van der Waals surface area contributed by atoms with Crippen molar-refractivity contribution in [2.75, 3.05) is 23.9 Å². The maximum Gasteiger partial charge on any atom is 0.270 e. The summed E-state index contributed by atoms with van der Waals surface area (Å²) >= 11 is 18.9. The van der Waals surface area contributed by atoms with Gasteiger partial charge in [0, 0.05) is 35.4 Å². The van der Waals surface area contributed by atoms with Crippen LogP contribution in [0.4, 0.5) is 11.4 Å². The smallest absolute Gasteiger partial charge is 0.270 e. The molecule has 0 radical (unpaired) electrons. The van der Waals surface area contributed by atoms with Crippen molar-refractivity contribution in [1.29, 1.82) is 0 Å². The number of halogens is 2. The third-order valence-electron chi connectivity index (χ3n) is 5.01. The Balaban J connectivity index is 1.44.